The number of carbonyl (C=O) groups is 1. The van der Waals surface area contributed by atoms with Crippen LogP contribution in [0.15, 0.2) is 18.2 Å². The number of hydrogen-bond acceptors (Lipinski definition) is 3. The molecule has 1 aromatic rings. The highest BCUT2D eigenvalue weighted by Gasteiger charge is 2.05. The molecule has 0 bridgehead atoms. The molecule has 0 aliphatic carbocycles. The molecule has 0 saturated carbocycles. The Morgan fingerprint density at radius 2 is 2.23 bits per heavy atom. The lowest BCUT2D eigenvalue weighted by atomic mass is 10.1. The lowest BCUT2D eigenvalue weighted by Crippen LogP contribution is -2.00. The van der Waals surface area contributed by atoms with Gasteiger partial charge in [0.2, 0.25) is 0 Å². The van der Waals surface area contributed by atoms with Crippen LogP contribution in [0.4, 0.5) is 5.69 Å². The van der Waals surface area contributed by atoms with Crippen molar-refractivity contribution in [3.8, 4) is 5.75 Å². The summed E-state index contributed by atoms with van der Waals surface area (Å²) in [4.78, 5) is 10.9. The van der Waals surface area contributed by atoms with Crippen LogP contribution < -0.4 is 10.5 Å². The molecule has 2 N–H and O–H groups in total. The Labute approximate surface area is 77.5 Å². The van der Waals surface area contributed by atoms with E-state index >= 15 is 0 Å². The SMILES string of the molecule is COc1ccc(N)cc1CC(C)=O. The number of carbonyl (C=O) groups excluding carboxylic acids is 1. The third-order valence-electron chi connectivity index (χ3n) is 1.74. The van der Waals surface area contributed by atoms with Gasteiger partial charge in [-0.25, -0.2) is 0 Å². The van der Waals surface area contributed by atoms with Crippen molar-refractivity contribution in [1.29, 1.82) is 0 Å². The van der Waals surface area contributed by atoms with Crippen LogP contribution in [-0.2, 0) is 11.2 Å². The number of benzene rings is 1. The first-order chi connectivity index (χ1) is 6.13. The molecule has 13 heavy (non-hydrogen) atoms. The molecule has 0 fully saturated rings. The largest absolute Gasteiger partial charge is 0.496 e. The van der Waals surface area contributed by atoms with Crippen molar-refractivity contribution in [2.75, 3.05) is 12.8 Å². The van der Waals surface area contributed by atoms with Gasteiger partial charge in [0.15, 0.2) is 0 Å². The van der Waals surface area contributed by atoms with Gasteiger partial charge in [-0.05, 0) is 25.1 Å². The summed E-state index contributed by atoms with van der Waals surface area (Å²) in [6.45, 7) is 1.54. The number of nitrogens with two attached hydrogens (primary N) is 1. The van der Waals surface area contributed by atoms with Gasteiger partial charge >= 0.3 is 0 Å². The zero-order valence-electron chi connectivity index (χ0n) is 7.83. The van der Waals surface area contributed by atoms with Crippen LogP contribution in [-0.4, -0.2) is 12.9 Å². The topological polar surface area (TPSA) is 52.3 Å². The molecular formula is C10H13NO2. The maximum atomic E-state index is 10.9. The predicted octanol–water partition coefficient (Wildman–Crippen LogP) is 1.41. The average molecular weight is 179 g/mol. The second kappa shape index (κ2) is 3.94. The quantitative estimate of drug-likeness (QED) is 0.714. The number of anilines is 1. The van der Waals surface area contributed by atoms with E-state index in [4.69, 9.17) is 10.5 Å². The van der Waals surface area contributed by atoms with E-state index < -0.39 is 0 Å². The van der Waals surface area contributed by atoms with Crippen LogP contribution in [0.5, 0.6) is 5.75 Å². The van der Waals surface area contributed by atoms with E-state index in [0.29, 0.717) is 17.9 Å². The van der Waals surface area contributed by atoms with Crippen LogP contribution in [0.3, 0.4) is 0 Å². The lowest BCUT2D eigenvalue weighted by Gasteiger charge is -2.07. The highest BCUT2D eigenvalue weighted by atomic mass is 16.5. The average Bonchev–Trinajstić information content (AvgIpc) is 2.03. The molecule has 0 unspecified atom stereocenters. The summed E-state index contributed by atoms with van der Waals surface area (Å²) in [6.07, 6.45) is 0.369. The van der Waals surface area contributed by atoms with Crippen molar-refractivity contribution in [2.45, 2.75) is 13.3 Å². The van der Waals surface area contributed by atoms with E-state index in [0.717, 1.165) is 5.56 Å². The van der Waals surface area contributed by atoms with E-state index in [9.17, 15) is 4.79 Å². The Morgan fingerprint density at radius 1 is 1.54 bits per heavy atom. The minimum absolute atomic E-state index is 0.101. The fourth-order valence-electron chi connectivity index (χ4n) is 1.20. The molecule has 0 heterocycles. The first-order valence-electron chi connectivity index (χ1n) is 4.05. The second-order valence-corrected chi connectivity index (χ2v) is 2.95. The van der Waals surface area contributed by atoms with Crippen LogP contribution in [0, 0.1) is 0 Å². The van der Waals surface area contributed by atoms with Gasteiger partial charge in [0, 0.05) is 17.7 Å². The number of methoxy groups -OCH3 is 1. The number of hydrogen-bond donors (Lipinski definition) is 1. The highest BCUT2D eigenvalue weighted by Crippen LogP contribution is 2.21. The van der Waals surface area contributed by atoms with Gasteiger partial charge in [-0.15, -0.1) is 0 Å². The minimum atomic E-state index is 0.101. The molecule has 0 aliphatic heterocycles. The summed E-state index contributed by atoms with van der Waals surface area (Å²) in [5.74, 6) is 0.813. The van der Waals surface area contributed by atoms with Crippen LogP contribution in [0.1, 0.15) is 12.5 Å². The maximum absolute atomic E-state index is 10.9. The van der Waals surface area contributed by atoms with Crippen LogP contribution in [0.25, 0.3) is 0 Å². The van der Waals surface area contributed by atoms with Gasteiger partial charge in [0.1, 0.15) is 11.5 Å². The summed E-state index contributed by atoms with van der Waals surface area (Å²) in [5.41, 5.74) is 7.08. The minimum Gasteiger partial charge on any atom is -0.496 e. The van der Waals surface area contributed by atoms with Crippen LogP contribution in [0.2, 0.25) is 0 Å². The van der Waals surface area contributed by atoms with Crippen molar-refractivity contribution >= 4 is 11.5 Å². The van der Waals surface area contributed by atoms with Gasteiger partial charge in [0.05, 0.1) is 7.11 Å². The molecule has 0 aliphatic rings. The predicted molar refractivity (Wildman–Crippen MR) is 51.8 cm³/mol. The molecule has 3 heteroatoms. The van der Waals surface area contributed by atoms with E-state index in [1.165, 1.54) is 0 Å². The Balaban J connectivity index is 3.01. The number of rotatable bonds is 3. The molecule has 70 valence electrons. The molecule has 0 spiro atoms. The fraction of sp³-hybridized carbons (Fsp3) is 0.300. The molecule has 0 aromatic heterocycles. The van der Waals surface area contributed by atoms with Crippen molar-refractivity contribution < 1.29 is 9.53 Å². The molecule has 1 aromatic carbocycles. The van der Waals surface area contributed by atoms with Crippen molar-refractivity contribution in [2.24, 2.45) is 0 Å². The van der Waals surface area contributed by atoms with Gasteiger partial charge in [-0.3, -0.25) is 4.79 Å². The van der Waals surface area contributed by atoms with Gasteiger partial charge in [0.25, 0.3) is 0 Å². The van der Waals surface area contributed by atoms with Gasteiger partial charge in [-0.1, -0.05) is 0 Å². The Morgan fingerprint density at radius 3 is 2.77 bits per heavy atom. The fourth-order valence-corrected chi connectivity index (χ4v) is 1.20. The van der Waals surface area contributed by atoms with E-state index in [1.54, 1.807) is 32.2 Å². The number of nitrogen functional groups attached to an aromatic ring is 1. The molecule has 0 atom stereocenters. The molecule has 0 amide bonds. The molecule has 0 saturated heterocycles. The summed E-state index contributed by atoms with van der Waals surface area (Å²) in [7, 11) is 1.58. The lowest BCUT2D eigenvalue weighted by molar-refractivity contribution is -0.116. The highest BCUT2D eigenvalue weighted by molar-refractivity contribution is 5.79. The Bertz CT molecular complexity index is 321. The Hall–Kier alpha value is -1.51. The van der Waals surface area contributed by atoms with Crippen LogP contribution >= 0.6 is 0 Å². The van der Waals surface area contributed by atoms with Gasteiger partial charge in [-0.2, -0.15) is 0 Å². The van der Waals surface area contributed by atoms with Gasteiger partial charge < -0.3 is 10.5 Å². The molecular weight excluding hydrogens is 166 g/mol. The third-order valence-corrected chi connectivity index (χ3v) is 1.74. The molecule has 1 rings (SSSR count). The first-order valence-corrected chi connectivity index (χ1v) is 4.05. The van der Waals surface area contributed by atoms with Crippen molar-refractivity contribution in [1.82, 2.24) is 0 Å². The zero-order valence-corrected chi connectivity index (χ0v) is 7.83. The molecule has 3 nitrogen and oxygen atoms in total. The maximum Gasteiger partial charge on any atom is 0.134 e. The van der Waals surface area contributed by atoms with Crippen molar-refractivity contribution in [3.63, 3.8) is 0 Å². The third kappa shape index (κ3) is 2.47. The first kappa shape index (κ1) is 9.58. The summed E-state index contributed by atoms with van der Waals surface area (Å²) < 4.78 is 5.09. The smallest absolute Gasteiger partial charge is 0.134 e. The number of Topliss-reactive ketones (excluding diaryl/α,β-unsaturated/α-hetero) is 1. The van der Waals surface area contributed by atoms with E-state index in [2.05, 4.69) is 0 Å². The monoisotopic (exact) mass is 179 g/mol. The molecule has 0 radical (unpaired) electrons. The summed E-state index contributed by atoms with van der Waals surface area (Å²) >= 11 is 0. The normalized spacial score (nSPS) is 9.69. The number of ketones is 1. The summed E-state index contributed by atoms with van der Waals surface area (Å²) in [5, 5.41) is 0. The zero-order chi connectivity index (χ0) is 9.84. The second-order valence-electron chi connectivity index (χ2n) is 2.95. The van der Waals surface area contributed by atoms with E-state index in [1.807, 2.05) is 0 Å². The van der Waals surface area contributed by atoms with E-state index in [-0.39, 0.29) is 5.78 Å². The Kier molecular flexibility index (Phi) is 2.90. The van der Waals surface area contributed by atoms with Crippen molar-refractivity contribution in [3.05, 3.63) is 23.8 Å². The summed E-state index contributed by atoms with van der Waals surface area (Å²) in [6, 6.07) is 5.29. The standard InChI is InChI=1S/C10H13NO2/c1-7(12)5-8-6-9(11)3-4-10(8)13-2/h3-4,6H,5,11H2,1-2H3. The number of ether oxygens (including phenoxy) is 1.